The number of carbonyl (C=O) groups is 1. The van der Waals surface area contributed by atoms with Crippen molar-refractivity contribution in [2.24, 2.45) is 0 Å². The maximum atomic E-state index is 12.9. The minimum atomic E-state index is -0.110. The van der Waals surface area contributed by atoms with Crippen molar-refractivity contribution < 1.29 is 4.79 Å². The standard InChI is InChI=1S/C32H38N8O/c1-5-7-12-20-39(32(41)33-4)24-16-18-26-28(21-24)40(29(34-26)15-8-6-2)27-19-17-25(23-13-10-9-11-14-23)30(22(27)3)31-35-37-38-36-31/h9-11,13-14,16-19,21H,5-8,12,15,20H2,1-4H3,(H,33,41)(H,35,36,37,38). The third-order valence-corrected chi connectivity index (χ3v) is 7.56. The lowest BCUT2D eigenvalue weighted by Gasteiger charge is -2.23. The summed E-state index contributed by atoms with van der Waals surface area (Å²) in [7, 11) is 1.68. The van der Waals surface area contributed by atoms with Gasteiger partial charge >= 0.3 is 6.03 Å². The minimum Gasteiger partial charge on any atom is -0.341 e. The molecule has 0 radical (unpaired) electrons. The highest BCUT2D eigenvalue weighted by Gasteiger charge is 2.22. The molecule has 3 aromatic carbocycles. The fourth-order valence-corrected chi connectivity index (χ4v) is 5.43. The van der Waals surface area contributed by atoms with Crippen LogP contribution in [-0.4, -0.2) is 49.8 Å². The Bertz CT molecular complexity index is 1610. The molecule has 0 bridgehead atoms. The van der Waals surface area contributed by atoms with Crippen LogP contribution in [0.1, 0.15) is 57.3 Å². The number of anilines is 1. The molecule has 0 aliphatic carbocycles. The van der Waals surface area contributed by atoms with Crippen molar-refractivity contribution in [1.82, 2.24) is 35.5 Å². The Morgan fingerprint density at radius 3 is 2.51 bits per heavy atom. The molecule has 0 fully saturated rings. The number of nitrogens with zero attached hydrogens (tertiary/aromatic N) is 6. The molecule has 5 rings (SSSR count). The highest BCUT2D eigenvalue weighted by Crippen LogP contribution is 2.37. The van der Waals surface area contributed by atoms with Gasteiger partial charge < -0.3 is 5.32 Å². The summed E-state index contributed by atoms with van der Waals surface area (Å²) in [6.45, 7) is 7.13. The Hall–Kier alpha value is -4.53. The lowest BCUT2D eigenvalue weighted by atomic mass is 9.94. The summed E-state index contributed by atoms with van der Waals surface area (Å²) >= 11 is 0. The van der Waals surface area contributed by atoms with Gasteiger partial charge in [-0.05, 0) is 71.1 Å². The largest absolute Gasteiger partial charge is 0.341 e. The van der Waals surface area contributed by atoms with E-state index in [1.165, 1.54) is 0 Å². The van der Waals surface area contributed by atoms with Gasteiger partial charge in [0.2, 0.25) is 0 Å². The number of benzene rings is 3. The molecular weight excluding hydrogens is 512 g/mol. The van der Waals surface area contributed by atoms with Gasteiger partial charge in [-0.25, -0.2) is 14.9 Å². The van der Waals surface area contributed by atoms with Crippen LogP contribution in [0.4, 0.5) is 10.5 Å². The van der Waals surface area contributed by atoms with Crippen LogP contribution in [0.15, 0.2) is 60.7 Å². The van der Waals surface area contributed by atoms with Crippen LogP contribution in [0.3, 0.4) is 0 Å². The number of imidazole rings is 1. The summed E-state index contributed by atoms with van der Waals surface area (Å²) in [4.78, 5) is 19.8. The second-order valence-corrected chi connectivity index (χ2v) is 10.3. The number of tetrazole rings is 1. The van der Waals surface area contributed by atoms with E-state index < -0.39 is 0 Å². The molecule has 9 nitrogen and oxygen atoms in total. The Kier molecular flexibility index (Phi) is 8.72. The molecule has 2 heterocycles. The number of aromatic nitrogens is 6. The zero-order chi connectivity index (χ0) is 28.8. The number of unbranched alkanes of at least 4 members (excludes halogenated alkanes) is 3. The van der Waals surface area contributed by atoms with Crippen molar-refractivity contribution in [1.29, 1.82) is 0 Å². The molecule has 0 atom stereocenters. The van der Waals surface area contributed by atoms with Gasteiger partial charge in [0.15, 0.2) is 5.82 Å². The Labute approximate surface area is 241 Å². The van der Waals surface area contributed by atoms with Crippen molar-refractivity contribution >= 4 is 22.8 Å². The first kappa shape index (κ1) is 28.0. The van der Waals surface area contributed by atoms with E-state index in [-0.39, 0.29) is 6.03 Å². The van der Waals surface area contributed by atoms with E-state index in [4.69, 9.17) is 4.98 Å². The predicted octanol–water partition coefficient (Wildman–Crippen LogP) is 6.86. The Balaban J connectivity index is 1.72. The highest BCUT2D eigenvalue weighted by molar-refractivity contribution is 5.95. The van der Waals surface area contributed by atoms with Crippen LogP contribution in [0.25, 0.3) is 39.2 Å². The number of amides is 2. The average Bonchev–Trinajstić information content (AvgIpc) is 3.66. The summed E-state index contributed by atoms with van der Waals surface area (Å²) in [6.07, 6.45) is 6.04. The zero-order valence-electron chi connectivity index (χ0n) is 24.3. The van der Waals surface area contributed by atoms with E-state index in [9.17, 15) is 4.79 Å². The molecule has 0 aliphatic heterocycles. The molecule has 212 valence electrons. The second kappa shape index (κ2) is 12.8. The third-order valence-electron chi connectivity index (χ3n) is 7.56. The first-order valence-corrected chi connectivity index (χ1v) is 14.5. The maximum absolute atomic E-state index is 12.9. The normalized spacial score (nSPS) is 11.2. The molecule has 0 saturated heterocycles. The summed E-state index contributed by atoms with van der Waals surface area (Å²) in [5.41, 5.74) is 7.87. The average molecular weight is 551 g/mol. The fraction of sp³-hybridized carbons (Fsp3) is 0.344. The number of aryl methyl sites for hydroxylation is 1. The van der Waals surface area contributed by atoms with Gasteiger partial charge in [-0.1, -0.05) is 69.5 Å². The number of hydrogen-bond donors (Lipinski definition) is 2. The van der Waals surface area contributed by atoms with E-state index in [1.807, 2.05) is 35.2 Å². The second-order valence-electron chi connectivity index (χ2n) is 10.3. The van der Waals surface area contributed by atoms with Gasteiger partial charge in [-0.2, -0.15) is 0 Å². The summed E-state index contributed by atoms with van der Waals surface area (Å²) in [6, 6.07) is 20.6. The van der Waals surface area contributed by atoms with E-state index in [2.05, 4.69) is 81.6 Å². The topological polar surface area (TPSA) is 105 Å². The van der Waals surface area contributed by atoms with Gasteiger partial charge in [-0.3, -0.25) is 9.47 Å². The molecule has 0 saturated carbocycles. The summed E-state index contributed by atoms with van der Waals surface area (Å²) < 4.78 is 2.25. The van der Waals surface area contributed by atoms with Crippen LogP contribution >= 0.6 is 0 Å². The number of aromatic amines is 1. The van der Waals surface area contributed by atoms with E-state index >= 15 is 0 Å². The Morgan fingerprint density at radius 1 is 1.00 bits per heavy atom. The SMILES string of the molecule is CCCCCN(C(=O)NC)c1ccc2nc(CCCC)n(-c3ccc(-c4ccccc4)c(-c4nnn[nH]4)c3C)c2c1. The first-order chi connectivity index (χ1) is 20.1. The van der Waals surface area contributed by atoms with Crippen molar-refractivity contribution in [3.05, 3.63) is 72.1 Å². The quantitative estimate of drug-likeness (QED) is 0.175. The number of carbonyl (C=O) groups excluding carboxylic acids is 1. The van der Waals surface area contributed by atoms with Gasteiger partial charge in [0.25, 0.3) is 0 Å². The predicted molar refractivity (Wildman–Crippen MR) is 164 cm³/mol. The first-order valence-electron chi connectivity index (χ1n) is 14.5. The van der Waals surface area contributed by atoms with Gasteiger partial charge in [0.1, 0.15) is 5.82 Å². The number of H-pyrrole nitrogens is 1. The molecule has 5 aromatic rings. The molecule has 2 aromatic heterocycles. The van der Waals surface area contributed by atoms with Crippen LogP contribution in [0.5, 0.6) is 0 Å². The van der Waals surface area contributed by atoms with Crippen LogP contribution in [0, 0.1) is 6.92 Å². The Morgan fingerprint density at radius 2 is 1.80 bits per heavy atom. The summed E-state index contributed by atoms with van der Waals surface area (Å²) in [5.74, 6) is 1.61. The van der Waals surface area contributed by atoms with Crippen molar-refractivity contribution in [2.75, 3.05) is 18.5 Å². The number of hydrogen-bond acceptors (Lipinski definition) is 5. The molecule has 0 aliphatic rings. The highest BCUT2D eigenvalue weighted by atomic mass is 16.2. The fourth-order valence-electron chi connectivity index (χ4n) is 5.43. The van der Waals surface area contributed by atoms with Gasteiger partial charge in [-0.15, -0.1) is 5.10 Å². The smallest absolute Gasteiger partial charge is 0.321 e. The third kappa shape index (κ3) is 5.70. The molecule has 2 N–H and O–H groups in total. The number of nitrogens with one attached hydrogen (secondary N) is 2. The molecule has 41 heavy (non-hydrogen) atoms. The molecular formula is C32H38N8O. The minimum absolute atomic E-state index is 0.110. The molecule has 9 heteroatoms. The van der Waals surface area contributed by atoms with Crippen molar-refractivity contribution in [2.45, 2.75) is 59.3 Å². The van der Waals surface area contributed by atoms with Crippen molar-refractivity contribution in [3.8, 4) is 28.2 Å². The van der Waals surface area contributed by atoms with Gasteiger partial charge in [0.05, 0.1) is 16.7 Å². The van der Waals surface area contributed by atoms with E-state index in [0.29, 0.717) is 12.4 Å². The summed E-state index contributed by atoms with van der Waals surface area (Å²) in [5, 5.41) is 17.9. The maximum Gasteiger partial charge on any atom is 0.321 e. The number of urea groups is 1. The van der Waals surface area contributed by atoms with Crippen molar-refractivity contribution in [3.63, 3.8) is 0 Å². The molecule has 0 unspecified atom stereocenters. The number of fused-ring (bicyclic) bond motifs is 1. The lowest BCUT2D eigenvalue weighted by molar-refractivity contribution is 0.248. The lowest BCUT2D eigenvalue weighted by Crippen LogP contribution is -2.38. The van der Waals surface area contributed by atoms with Gasteiger partial charge in [0, 0.05) is 31.3 Å². The molecule has 2 amide bonds. The van der Waals surface area contributed by atoms with E-state index in [1.54, 1.807) is 7.05 Å². The number of rotatable bonds is 11. The monoisotopic (exact) mass is 550 g/mol. The zero-order valence-corrected chi connectivity index (χ0v) is 24.3. The molecule has 0 spiro atoms. The van der Waals surface area contributed by atoms with Crippen LogP contribution in [0.2, 0.25) is 0 Å². The van der Waals surface area contributed by atoms with Crippen LogP contribution in [-0.2, 0) is 6.42 Å². The van der Waals surface area contributed by atoms with Crippen LogP contribution < -0.4 is 10.2 Å². The van der Waals surface area contributed by atoms with E-state index in [0.717, 1.165) is 89.0 Å².